The predicted molar refractivity (Wildman–Crippen MR) is 98.1 cm³/mol. The van der Waals surface area contributed by atoms with E-state index >= 15 is 0 Å². The molecule has 0 unspecified atom stereocenters. The van der Waals surface area contributed by atoms with Gasteiger partial charge in [0.1, 0.15) is 0 Å². The molecular formula is C17H27N7. The van der Waals surface area contributed by atoms with E-state index in [0.717, 1.165) is 5.56 Å². The monoisotopic (exact) mass is 329 g/mol. The van der Waals surface area contributed by atoms with Gasteiger partial charge in [-0.2, -0.15) is 5.10 Å². The van der Waals surface area contributed by atoms with Crippen molar-refractivity contribution in [2.24, 2.45) is 5.10 Å². The van der Waals surface area contributed by atoms with Crippen LogP contribution >= 0.6 is 0 Å². The van der Waals surface area contributed by atoms with Gasteiger partial charge in [0.2, 0.25) is 11.9 Å². The van der Waals surface area contributed by atoms with Gasteiger partial charge >= 0.3 is 0 Å². The molecule has 1 aromatic rings. The molecular weight excluding hydrogens is 302 g/mol. The third-order valence-corrected chi connectivity index (χ3v) is 3.56. The van der Waals surface area contributed by atoms with Gasteiger partial charge in [0.15, 0.2) is 0 Å². The van der Waals surface area contributed by atoms with Crippen LogP contribution < -0.4 is 5.32 Å². The summed E-state index contributed by atoms with van der Waals surface area (Å²) in [7, 11) is 0. The molecule has 24 heavy (non-hydrogen) atoms. The molecule has 0 atom stereocenters. The minimum Gasteiger partial charge on any atom is -0.353 e. The van der Waals surface area contributed by atoms with E-state index in [1.165, 1.54) is 0 Å². The van der Waals surface area contributed by atoms with Crippen LogP contribution in [0.3, 0.4) is 0 Å². The lowest BCUT2D eigenvalue weighted by Gasteiger charge is -2.37. The maximum absolute atomic E-state index is 8.40. The Kier molecular flexibility index (Phi) is 5.78. The zero-order valence-corrected chi connectivity index (χ0v) is 14.8. The van der Waals surface area contributed by atoms with Gasteiger partial charge in [-0.1, -0.05) is 30.3 Å². The Balaban J connectivity index is 2.08. The molecule has 1 aromatic carbocycles. The van der Waals surface area contributed by atoms with Crippen LogP contribution in [0.1, 0.15) is 33.3 Å². The molecule has 2 rings (SSSR count). The Labute approximate surface area is 143 Å². The second-order valence-corrected chi connectivity index (χ2v) is 6.31. The summed E-state index contributed by atoms with van der Waals surface area (Å²) in [5, 5.41) is 29.5. The number of hydrazine groups is 1. The summed E-state index contributed by atoms with van der Waals surface area (Å²) in [6.45, 7) is 9.28. The van der Waals surface area contributed by atoms with Gasteiger partial charge < -0.3 is 5.32 Å². The van der Waals surface area contributed by atoms with Crippen molar-refractivity contribution in [3.05, 3.63) is 35.9 Å². The highest BCUT2D eigenvalue weighted by molar-refractivity contribution is 5.86. The molecule has 0 bridgehead atoms. The van der Waals surface area contributed by atoms with Crippen LogP contribution in [0.2, 0.25) is 0 Å². The summed E-state index contributed by atoms with van der Waals surface area (Å²) in [6.07, 6.45) is 1.76. The summed E-state index contributed by atoms with van der Waals surface area (Å²) >= 11 is 0. The zero-order valence-electron chi connectivity index (χ0n) is 14.8. The lowest BCUT2D eigenvalue weighted by Crippen LogP contribution is -2.56. The van der Waals surface area contributed by atoms with Gasteiger partial charge in [0.25, 0.3) is 0 Å². The van der Waals surface area contributed by atoms with Gasteiger partial charge in [-0.05, 0) is 33.3 Å². The van der Waals surface area contributed by atoms with Crippen LogP contribution in [0.4, 0.5) is 0 Å². The predicted octanol–water partition coefficient (Wildman–Crippen LogP) is 2.13. The fourth-order valence-electron chi connectivity index (χ4n) is 2.53. The summed E-state index contributed by atoms with van der Waals surface area (Å²) in [5.74, 6) is 0.588. The molecule has 0 aliphatic carbocycles. The van der Waals surface area contributed by atoms with Crippen LogP contribution in [0, 0.1) is 10.8 Å². The van der Waals surface area contributed by atoms with Crippen molar-refractivity contribution in [3.63, 3.8) is 0 Å². The van der Waals surface area contributed by atoms with Crippen molar-refractivity contribution < 1.29 is 0 Å². The minimum atomic E-state index is 0.0714. The van der Waals surface area contributed by atoms with E-state index in [9.17, 15) is 0 Å². The average molecular weight is 329 g/mol. The minimum absolute atomic E-state index is 0.0714. The molecule has 3 N–H and O–H groups in total. The number of hydrogen-bond donors (Lipinski definition) is 3. The number of nitrogens with one attached hydrogen (secondary N) is 3. The average Bonchev–Trinajstić information content (AvgIpc) is 2.86. The van der Waals surface area contributed by atoms with E-state index in [4.69, 9.17) is 10.8 Å². The maximum Gasteiger partial charge on any atom is 0.234 e. The Morgan fingerprint density at radius 3 is 2.46 bits per heavy atom. The smallest absolute Gasteiger partial charge is 0.234 e. The maximum atomic E-state index is 8.40. The van der Waals surface area contributed by atoms with Gasteiger partial charge in [-0.3, -0.25) is 10.8 Å². The Morgan fingerprint density at radius 1 is 1.21 bits per heavy atom. The SMILES string of the molecule is CC(C)NC(=N)N(C(C)C)N1CCN(/N=C/c2ccccc2)C1=N. The largest absolute Gasteiger partial charge is 0.353 e. The van der Waals surface area contributed by atoms with E-state index < -0.39 is 0 Å². The first kappa shape index (κ1) is 17.8. The highest BCUT2D eigenvalue weighted by Gasteiger charge is 2.32. The van der Waals surface area contributed by atoms with E-state index in [1.807, 2.05) is 58.0 Å². The first-order chi connectivity index (χ1) is 11.4. The second kappa shape index (κ2) is 7.81. The molecule has 0 amide bonds. The number of hydrogen-bond acceptors (Lipinski definition) is 3. The van der Waals surface area contributed by atoms with Crippen molar-refractivity contribution in [2.45, 2.75) is 39.8 Å². The number of guanidine groups is 2. The Hall–Kier alpha value is -2.57. The van der Waals surface area contributed by atoms with Crippen molar-refractivity contribution in [3.8, 4) is 0 Å². The molecule has 1 saturated heterocycles. The standard InChI is InChI=1S/C17H27N7/c1-13(2)21-16(18)24(14(3)4)23-11-10-22(17(23)19)20-12-15-8-6-5-7-9-15/h5-9,12-14,19H,10-11H2,1-4H3,(H2,18,21)/b19-17?,20-12+. The van der Waals surface area contributed by atoms with E-state index in [-0.39, 0.29) is 18.0 Å². The van der Waals surface area contributed by atoms with Gasteiger partial charge in [-0.25, -0.2) is 15.0 Å². The first-order valence-corrected chi connectivity index (χ1v) is 8.27. The molecule has 0 saturated carbocycles. The molecule has 7 heteroatoms. The number of rotatable bonds is 5. The Morgan fingerprint density at radius 2 is 1.88 bits per heavy atom. The van der Waals surface area contributed by atoms with Gasteiger partial charge in [0, 0.05) is 12.1 Å². The molecule has 1 aliphatic rings. The third-order valence-electron chi connectivity index (χ3n) is 3.56. The molecule has 1 aliphatic heterocycles. The molecule has 1 fully saturated rings. The quantitative estimate of drug-likeness (QED) is 0.571. The summed E-state index contributed by atoms with van der Waals surface area (Å²) in [4.78, 5) is 0. The van der Waals surface area contributed by atoms with Crippen LogP contribution in [-0.2, 0) is 0 Å². The van der Waals surface area contributed by atoms with Gasteiger partial charge in [0.05, 0.1) is 19.3 Å². The van der Waals surface area contributed by atoms with E-state index in [1.54, 1.807) is 21.2 Å². The van der Waals surface area contributed by atoms with Crippen molar-refractivity contribution in [2.75, 3.05) is 13.1 Å². The van der Waals surface area contributed by atoms with Crippen LogP contribution in [0.15, 0.2) is 35.4 Å². The number of benzene rings is 1. The number of hydrazone groups is 1. The van der Waals surface area contributed by atoms with Crippen molar-refractivity contribution in [1.82, 2.24) is 20.3 Å². The van der Waals surface area contributed by atoms with E-state index in [2.05, 4.69) is 10.4 Å². The molecule has 130 valence electrons. The number of nitrogens with zero attached hydrogens (tertiary/aromatic N) is 4. The fourth-order valence-corrected chi connectivity index (χ4v) is 2.53. The molecule has 1 heterocycles. The molecule has 0 spiro atoms. The first-order valence-electron chi connectivity index (χ1n) is 8.27. The molecule has 0 aromatic heterocycles. The third kappa shape index (κ3) is 4.24. The summed E-state index contributed by atoms with van der Waals surface area (Å²) in [5.41, 5.74) is 0.999. The van der Waals surface area contributed by atoms with Crippen LogP contribution in [-0.4, -0.2) is 58.3 Å². The summed E-state index contributed by atoms with van der Waals surface area (Å²) in [6, 6.07) is 10.1. The van der Waals surface area contributed by atoms with Crippen molar-refractivity contribution in [1.29, 1.82) is 10.8 Å². The van der Waals surface area contributed by atoms with Crippen molar-refractivity contribution >= 4 is 18.1 Å². The highest BCUT2D eigenvalue weighted by Crippen LogP contribution is 2.14. The Bertz CT molecular complexity index is 594. The van der Waals surface area contributed by atoms with Gasteiger partial charge in [-0.15, -0.1) is 0 Å². The summed E-state index contributed by atoms with van der Waals surface area (Å²) < 4.78 is 0. The second-order valence-electron chi connectivity index (χ2n) is 6.31. The fraction of sp³-hybridized carbons (Fsp3) is 0.471. The lowest BCUT2D eigenvalue weighted by atomic mass is 10.2. The molecule has 7 nitrogen and oxygen atoms in total. The lowest BCUT2D eigenvalue weighted by molar-refractivity contribution is 0.102. The highest BCUT2D eigenvalue weighted by atomic mass is 15.8. The normalized spacial score (nSPS) is 15.0. The van der Waals surface area contributed by atoms with Crippen LogP contribution in [0.5, 0.6) is 0 Å². The molecule has 0 radical (unpaired) electrons. The topological polar surface area (TPSA) is 81.8 Å². The van der Waals surface area contributed by atoms with Crippen LogP contribution in [0.25, 0.3) is 0 Å². The van der Waals surface area contributed by atoms with E-state index in [0.29, 0.717) is 19.0 Å². The zero-order chi connectivity index (χ0) is 17.7.